The molecule has 0 aliphatic carbocycles. The van der Waals surface area contributed by atoms with Gasteiger partial charge in [0.1, 0.15) is 12.2 Å². The third kappa shape index (κ3) is 9.91. The van der Waals surface area contributed by atoms with Crippen molar-refractivity contribution in [3.05, 3.63) is 186 Å². The Balaban J connectivity index is 1.44. The van der Waals surface area contributed by atoms with Crippen LogP contribution in [0.25, 0.3) is 0 Å². The summed E-state index contributed by atoms with van der Waals surface area (Å²) in [4.78, 5) is 1.11. The quantitative estimate of drug-likeness (QED) is 0.0910. The molecule has 0 aliphatic heterocycles. The molecule has 0 saturated heterocycles. The molecule has 4 atom stereocenters. The number of ether oxygens (including phenoxy) is 3. The maximum atomic E-state index is 12.2. The van der Waals surface area contributed by atoms with Gasteiger partial charge in [-0.25, -0.2) is 0 Å². The lowest BCUT2D eigenvalue weighted by Crippen LogP contribution is -2.50. The van der Waals surface area contributed by atoms with Gasteiger partial charge in [0, 0.05) is 42.8 Å². The summed E-state index contributed by atoms with van der Waals surface area (Å²) in [5.74, 6) is -0.127. The summed E-state index contributed by atoms with van der Waals surface area (Å²) in [6, 6.07) is 47.6. The number of rotatable bonds is 18. The first-order valence-electron chi connectivity index (χ1n) is 17.5. The average molecular weight is 701 g/mol. The van der Waals surface area contributed by atoms with Crippen molar-refractivity contribution in [1.82, 2.24) is 9.13 Å². The van der Waals surface area contributed by atoms with Crippen LogP contribution in [0.3, 0.4) is 0 Å². The van der Waals surface area contributed by atoms with Crippen molar-refractivity contribution >= 4 is 11.8 Å². The lowest BCUT2D eigenvalue weighted by molar-refractivity contribution is -0.148. The van der Waals surface area contributed by atoms with Gasteiger partial charge in [-0.05, 0) is 60.0 Å². The zero-order valence-electron chi connectivity index (χ0n) is 29.6. The van der Waals surface area contributed by atoms with E-state index in [1.54, 1.807) is 11.8 Å². The molecule has 0 unspecified atom stereocenters. The molecule has 0 bridgehead atoms. The molecule has 7 heteroatoms. The molecule has 6 rings (SSSR count). The van der Waals surface area contributed by atoms with Gasteiger partial charge in [0.15, 0.2) is 0 Å². The van der Waals surface area contributed by atoms with Crippen molar-refractivity contribution in [3.63, 3.8) is 0 Å². The number of thioether (sulfide) groups is 1. The van der Waals surface area contributed by atoms with Gasteiger partial charge in [0.2, 0.25) is 0 Å². The Hall–Kier alpha value is -4.37. The second kappa shape index (κ2) is 18.2. The van der Waals surface area contributed by atoms with E-state index in [0.717, 1.165) is 33.0 Å². The molecule has 2 aromatic heterocycles. The summed E-state index contributed by atoms with van der Waals surface area (Å²) in [6.45, 7) is 3.24. The monoisotopic (exact) mass is 700 g/mol. The molecule has 0 fully saturated rings. The van der Waals surface area contributed by atoms with Gasteiger partial charge in [-0.2, -0.15) is 0 Å². The Morgan fingerprint density at radius 2 is 1.04 bits per heavy atom. The highest BCUT2D eigenvalue weighted by Crippen LogP contribution is 2.43. The lowest BCUT2D eigenvalue weighted by Gasteiger charge is -2.39. The van der Waals surface area contributed by atoms with E-state index in [-0.39, 0.29) is 17.8 Å². The van der Waals surface area contributed by atoms with E-state index in [0.29, 0.717) is 19.8 Å². The zero-order valence-corrected chi connectivity index (χ0v) is 30.4. The standard InChI is InChI=1S/C44H48N2O4S/c1-33-23-25-37(26-24-33)51-44(41(38-21-13-27-45(38)2)39-22-14-28-46(39)3)43(50-31-36-19-11-6-12-20-36)42(49-30-35-17-9-5-10-18-35)40(47)32-48-29-34-15-7-4-8-16-34/h4-28,40-44,47H,29-32H2,1-3H3/t40-,42+,43+,44-/m0/s1. The largest absolute Gasteiger partial charge is 0.388 e. The van der Waals surface area contributed by atoms with Gasteiger partial charge in [-0.1, -0.05) is 109 Å². The minimum Gasteiger partial charge on any atom is -0.388 e. The first kappa shape index (κ1) is 36.4. The lowest BCUT2D eigenvalue weighted by atomic mass is 9.89. The Morgan fingerprint density at radius 1 is 0.569 bits per heavy atom. The summed E-state index contributed by atoms with van der Waals surface area (Å²) >= 11 is 1.77. The Labute approximate surface area is 306 Å². The van der Waals surface area contributed by atoms with Crippen LogP contribution >= 0.6 is 11.8 Å². The fourth-order valence-corrected chi connectivity index (χ4v) is 7.87. The molecule has 1 N–H and O–H groups in total. The summed E-state index contributed by atoms with van der Waals surface area (Å²) in [5, 5.41) is 12.0. The van der Waals surface area contributed by atoms with Gasteiger partial charge < -0.3 is 28.5 Å². The topological polar surface area (TPSA) is 57.8 Å². The summed E-state index contributed by atoms with van der Waals surface area (Å²) < 4.78 is 24.5. The second-order valence-corrected chi connectivity index (χ2v) is 14.3. The number of hydrogen-bond donors (Lipinski definition) is 1. The molecular weight excluding hydrogens is 653 g/mol. The van der Waals surface area contributed by atoms with Crippen LogP contribution in [0.2, 0.25) is 0 Å². The molecule has 6 aromatic rings. The van der Waals surface area contributed by atoms with Crippen molar-refractivity contribution < 1.29 is 19.3 Å². The molecule has 0 saturated carbocycles. The molecule has 0 amide bonds. The Morgan fingerprint density at radius 3 is 1.51 bits per heavy atom. The number of hydrogen-bond acceptors (Lipinski definition) is 5. The molecule has 6 nitrogen and oxygen atoms in total. The van der Waals surface area contributed by atoms with Gasteiger partial charge in [-0.3, -0.25) is 0 Å². The third-order valence-electron chi connectivity index (χ3n) is 9.22. The fraction of sp³-hybridized carbons (Fsp3) is 0.273. The van der Waals surface area contributed by atoms with Crippen LogP contribution in [0, 0.1) is 6.92 Å². The normalized spacial score (nSPS) is 14.0. The SMILES string of the molecule is Cc1ccc(S[C@@H](C(c2cccn2C)c2cccn2C)[C@H](OCc2ccccc2)[C@H](OCc2ccccc2)[C@@H](O)COCc2ccccc2)cc1. The summed E-state index contributed by atoms with van der Waals surface area (Å²) in [6.07, 6.45) is 1.88. The van der Waals surface area contributed by atoms with E-state index in [9.17, 15) is 5.11 Å². The number of aliphatic hydroxyl groups excluding tert-OH is 1. The van der Waals surface area contributed by atoms with Crippen molar-refractivity contribution in [2.45, 2.75) is 61.1 Å². The van der Waals surface area contributed by atoms with Crippen LogP contribution in [0.5, 0.6) is 0 Å². The highest BCUT2D eigenvalue weighted by atomic mass is 32.2. The number of aryl methyl sites for hydroxylation is 3. The minimum absolute atomic E-state index is 0.0838. The maximum absolute atomic E-state index is 12.2. The van der Waals surface area contributed by atoms with Crippen LogP contribution in [0.4, 0.5) is 0 Å². The van der Waals surface area contributed by atoms with E-state index in [1.807, 2.05) is 78.9 Å². The maximum Gasteiger partial charge on any atom is 0.113 e. The van der Waals surface area contributed by atoms with E-state index in [2.05, 4.69) is 103 Å². The first-order valence-corrected chi connectivity index (χ1v) is 18.4. The number of aromatic nitrogens is 2. The van der Waals surface area contributed by atoms with Crippen LogP contribution in [0.15, 0.2) is 157 Å². The minimum atomic E-state index is -0.984. The summed E-state index contributed by atoms with van der Waals surface area (Å²) in [7, 11) is 4.18. The molecule has 0 aliphatic rings. The van der Waals surface area contributed by atoms with Crippen LogP contribution < -0.4 is 0 Å². The number of benzene rings is 4. The van der Waals surface area contributed by atoms with E-state index < -0.39 is 18.3 Å². The van der Waals surface area contributed by atoms with E-state index in [1.165, 1.54) is 5.56 Å². The third-order valence-corrected chi connectivity index (χ3v) is 10.6. The highest BCUT2D eigenvalue weighted by Gasteiger charge is 2.43. The van der Waals surface area contributed by atoms with E-state index >= 15 is 0 Å². The molecule has 4 aromatic carbocycles. The van der Waals surface area contributed by atoms with Gasteiger partial charge in [0.25, 0.3) is 0 Å². The fourth-order valence-electron chi connectivity index (χ4n) is 6.48. The van der Waals surface area contributed by atoms with E-state index in [4.69, 9.17) is 14.2 Å². The molecule has 0 radical (unpaired) electrons. The molecule has 2 heterocycles. The Bertz CT molecular complexity index is 1830. The predicted molar refractivity (Wildman–Crippen MR) is 206 cm³/mol. The summed E-state index contributed by atoms with van der Waals surface area (Å²) in [5.41, 5.74) is 6.60. The molecule has 0 spiro atoms. The molecular formula is C44H48N2O4S. The van der Waals surface area contributed by atoms with Gasteiger partial charge in [-0.15, -0.1) is 11.8 Å². The van der Waals surface area contributed by atoms with Crippen molar-refractivity contribution in [1.29, 1.82) is 0 Å². The highest BCUT2D eigenvalue weighted by molar-refractivity contribution is 8.00. The number of nitrogens with zero attached hydrogens (tertiary/aromatic N) is 2. The number of aliphatic hydroxyl groups is 1. The van der Waals surface area contributed by atoms with Crippen LogP contribution in [0.1, 0.15) is 39.6 Å². The van der Waals surface area contributed by atoms with Gasteiger partial charge >= 0.3 is 0 Å². The molecule has 51 heavy (non-hydrogen) atoms. The average Bonchev–Trinajstić information content (AvgIpc) is 3.79. The van der Waals surface area contributed by atoms with Crippen LogP contribution in [-0.2, 0) is 48.1 Å². The molecule has 264 valence electrons. The smallest absolute Gasteiger partial charge is 0.113 e. The van der Waals surface area contributed by atoms with Crippen molar-refractivity contribution in [2.75, 3.05) is 6.61 Å². The first-order chi connectivity index (χ1) is 25.0. The van der Waals surface area contributed by atoms with Crippen molar-refractivity contribution in [2.24, 2.45) is 14.1 Å². The second-order valence-electron chi connectivity index (χ2n) is 13.1. The van der Waals surface area contributed by atoms with Gasteiger partial charge in [0.05, 0.1) is 43.7 Å². The zero-order chi connectivity index (χ0) is 35.4. The Kier molecular flexibility index (Phi) is 13.0. The van der Waals surface area contributed by atoms with Crippen molar-refractivity contribution in [3.8, 4) is 0 Å². The van der Waals surface area contributed by atoms with Crippen LogP contribution in [-0.4, -0.2) is 44.4 Å². The predicted octanol–water partition coefficient (Wildman–Crippen LogP) is 8.71.